The van der Waals surface area contributed by atoms with Crippen LogP contribution in [0.5, 0.6) is 17.2 Å². The van der Waals surface area contributed by atoms with Crippen molar-refractivity contribution in [3.8, 4) is 17.2 Å². The highest BCUT2D eigenvalue weighted by Crippen LogP contribution is 2.29. The molecule has 0 aromatic heterocycles. The lowest BCUT2D eigenvalue weighted by molar-refractivity contribution is -0.132. The number of rotatable bonds is 11. The van der Waals surface area contributed by atoms with Gasteiger partial charge < -0.3 is 24.3 Å². The van der Waals surface area contributed by atoms with Crippen molar-refractivity contribution in [2.45, 2.75) is 32.5 Å². The quantitative estimate of drug-likeness (QED) is 0.621. The zero-order valence-electron chi connectivity index (χ0n) is 17.2. The van der Waals surface area contributed by atoms with Gasteiger partial charge in [-0.25, -0.2) is 4.39 Å². The van der Waals surface area contributed by atoms with E-state index in [9.17, 15) is 9.18 Å². The largest absolute Gasteiger partial charge is 0.493 e. The van der Waals surface area contributed by atoms with Crippen molar-refractivity contribution in [3.63, 3.8) is 0 Å². The van der Waals surface area contributed by atoms with Crippen LogP contribution < -0.4 is 19.5 Å². The number of ether oxygens (including phenoxy) is 4. The van der Waals surface area contributed by atoms with E-state index in [2.05, 4.69) is 5.32 Å². The van der Waals surface area contributed by atoms with E-state index in [1.165, 1.54) is 31.4 Å². The molecule has 29 heavy (non-hydrogen) atoms. The summed E-state index contributed by atoms with van der Waals surface area (Å²) < 4.78 is 34.7. The summed E-state index contributed by atoms with van der Waals surface area (Å²) in [7, 11) is 3.04. The van der Waals surface area contributed by atoms with Gasteiger partial charge in [-0.15, -0.1) is 0 Å². The van der Waals surface area contributed by atoms with Gasteiger partial charge in [-0.1, -0.05) is 6.07 Å². The first-order valence-corrected chi connectivity index (χ1v) is 9.45. The molecule has 0 saturated carbocycles. The van der Waals surface area contributed by atoms with E-state index in [-0.39, 0.29) is 24.4 Å². The van der Waals surface area contributed by atoms with Crippen molar-refractivity contribution in [1.82, 2.24) is 5.32 Å². The SMILES string of the molecule is COc1cc(CCNC(=O)C(COc2ccc(F)cc2)OC)ccc1OC(C)C. The molecule has 0 aliphatic rings. The molecular weight excluding hydrogens is 377 g/mol. The lowest BCUT2D eigenvalue weighted by Crippen LogP contribution is -2.40. The summed E-state index contributed by atoms with van der Waals surface area (Å²) in [6.45, 7) is 4.37. The highest BCUT2D eigenvalue weighted by atomic mass is 19.1. The van der Waals surface area contributed by atoms with Gasteiger partial charge in [0.05, 0.1) is 13.2 Å². The van der Waals surface area contributed by atoms with Gasteiger partial charge in [0.2, 0.25) is 0 Å². The number of carbonyl (C=O) groups excluding carboxylic acids is 1. The predicted octanol–water partition coefficient (Wildman–Crippen LogP) is 3.37. The molecule has 0 saturated heterocycles. The molecule has 0 radical (unpaired) electrons. The highest BCUT2D eigenvalue weighted by Gasteiger charge is 2.18. The number of methoxy groups -OCH3 is 2. The molecule has 2 rings (SSSR count). The summed E-state index contributed by atoms with van der Waals surface area (Å²) in [6, 6.07) is 11.3. The summed E-state index contributed by atoms with van der Waals surface area (Å²) in [5.41, 5.74) is 1.01. The van der Waals surface area contributed by atoms with Crippen molar-refractivity contribution in [1.29, 1.82) is 0 Å². The van der Waals surface area contributed by atoms with Crippen LogP contribution in [0.1, 0.15) is 19.4 Å². The lowest BCUT2D eigenvalue weighted by Gasteiger charge is -2.17. The van der Waals surface area contributed by atoms with Gasteiger partial charge in [0.15, 0.2) is 17.6 Å². The third-order valence-electron chi connectivity index (χ3n) is 4.10. The van der Waals surface area contributed by atoms with Crippen molar-refractivity contribution in [2.24, 2.45) is 0 Å². The molecule has 6 nitrogen and oxygen atoms in total. The smallest absolute Gasteiger partial charge is 0.252 e. The summed E-state index contributed by atoms with van der Waals surface area (Å²) in [6.07, 6.45) is -0.0900. The summed E-state index contributed by atoms with van der Waals surface area (Å²) in [5, 5.41) is 2.84. The minimum atomic E-state index is -0.767. The molecule has 7 heteroatoms. The minimum absolute atomic E-state index is 0.0308. The number of amides is 1. The van der Waals surface area contributed by atoms with E-state index in [1.807, 2.05) is 32.0 Å². The second kappa shape index (κ2) is 11.3. The average molecular weight is 405 g/mol. The maximum atomic E-state index is 12.9. The van der Waals surface area contributed by atoms with Gasteiger partial charge in [0.25, 0.3) is 5.91 Å². The third-order valence-corrected chi connectivity index (χ3v) is 4.10. The van der Waals surface area contributed by atoms with Crippen LogP contribution in [0.25, 0.3) is 0 Å². The number of halogens is 1. The molecular formula is C22H28FNO5. The zero-order chi connectivity index (χ0) is 21.2. The lowest BCUT2D eigenvalue weighted by atomic mass is 10.1. The maximum Gasteiger partial charge on any atom is 0.252 e. The number of nitrogens with one attached hydrogen (secondary N) is 1. The number of benzene rings is 2. The van der Waals surface area contributed by atoms with Gasteiger partial charge in [-0.2, -0.15) is 0 Å². The Balaban J connectivity index is 1.83. The number of carbonyl (C=O) groups is 1. The fourth-order valence-electron chi connectivity index (χ4n) is 2.62. The van der Waals surface area contributed by atoms with Gasteiger partial charge in [0, 0.05) is 13.7 Å². The molecule has 2 aromatic rings. The van der Waals surface area contributed by atoms with Crippen molar-refractivity contribution in [3.05, 3.63) is 53.8 Å². The van der Waals surface area contributed by atoms with Gasteiger partial charge in [-0.05, 0) is 62.2 Å². The first-order chi connectivity index (χ1) is 13.9. The van der Waals surface area contributed by atoms with Crippen LogP contribution in [0.2, 0.25) is 0 Å². The summed E-state index contributed by atoms with van der Waals surface area (Å²) >= 11 is 0. The Labute approximate surface area is 170 Å². The Morgan fingerprint density at radius 2 is 1.79 bits per heavy atom. The molecule has 0 heterocycles. The Bertz CT molecular complexity index is 779. The van der Waals surface area contributed by atoms with Crippen LogP contribution in [0.4, 0.5) is 4.39 Å². The highest BCUT2D eigenvalue weighted by molar-refractivity contribution is 5.80. The van der Waals surface area contributed by atoms with Crippen LogP contribution in [-0.2, 0) is 16.0 Å². The molecule has 0 spiro atoms. The van der Waals surface area contributed by atoms with Gasteiger partial charge >= 0.3 is 0 Å². The minimum Gasteiger partial charge on any atom is -0.493 e. The van der Waals surface area contributed by atoms with Crippen molar-refractivity contribution >= 4 is 5.91 Å². The zero-order valence-corrected chi connectivity index (χ0v) is 17.2. The third kappa shape index (κ3) is 7.27. The van der Waals surface area contributed by atoms with E-state index in [0.29, 0.717) is 30.2 Å². The molecule has 1 amide bonds. The molecule has 1 atom stereocenters. The van der Waals surface area contributed by atoms with E-state index in [4.69, 9.17) is 18.9 Å². The predicted molar refractivity (Wildman–Crippen MR) is 108 cm³/mol. The Morgan fingerprint density at radius 3 is 2.41 bits per heavy atom. The Morgan fingerprint density at radius 1 is 1.07 bits per heavy atom. The molecule has 158 valence electrons. The van der Waals surface area contributed by atoms with E-state index in [0.717, 1.165) is 5.56 Å². The molecule has 0 bridgehead atoms. The molecule has 0 aliphatic carbocycles. The fourth-order valence-corrected chi connectivity index (χ4v) is 2.62. The standard InChI is InChI=1S/C22H28FNO5/c1-15(2)29-19-10-5-16(13-20(19)26-3)11-12-24-22(25)21(27-4)14-28-18-8-6-17(23)7-9-18/h5-10,13,15,21H,11-12,14H2,1-4H3,(H,24,25). The van der Waals surface area contributed by atoms with Gasteiger partial charge in [-0.3, -0.25) is 4.79 Å². The first kappa shape index (κ1) is 22.5. The number of hydrogen-bond acceptors (Lipinski definition) is 5. The second-order valence-electron chi connectivity index (χ2n) is 6.68. The molecule has 2 aromatic carbocycles. The van der Waals surface area contributed by atoms with Crippen LogP contribution in [0, 0.1) is 5.82 Å². The summed E-state index contributed by atoms with van der Waals surface area (Å²) in [5.74, 6) is 1.19. The van der Waals surface area contributed by atoms with Crippen LogP contribution >= 0.6 is 0 Å². The monoisotopic (exact) mass is 405 g/mol. The average Bonchev–Trinajstić information content (AvgIpc) is 2.70. The molecule has 0 fully saturated rings. The first-order valence-electron chi connectivity index (χ1n) is 9.45. The molecule has 1 N–H and O–H groups in total. The Hall–Kier alpha value is -2.80. The topological polar surface area (TPSA) is 66.0 Å². The summed E-state index contributed by atoms with van der Waals surface area (Å²) in [4.78, 5) is 12.3. The molecule has 0 aliphatic heterocycles. The Kier molecular flexibility index (Phi) is 8.73. The van der Waals surface area contributed by atoms with Crippen LogP contribution in [0.3, 0.4) is 0 Å². The van der Waals surface area contributed by atoms with Crippen molar-refractivity contribution < 1.29 is 28.1 Å². The van der Waals surface area contributed by atoms with E-state index >= 15 is 0 Å². The van der Waals surface area contributed by atoms with E-state index in [1.54, 1.807) is 7.11 Å². The van der Waals surface area contributed by atoms with Gasteiger partial charge in [0.1, 0.15) is 18.2 Å². The maximum absolute atomic E-state index is 12.9. The fraction of sp³-hybridized carbons (Fsp3) is 0.409. The van der Waals surface area contributed by atoms with E-state index < -0.39 is 6.10 Å². The van der Waals surface area contributed by atoms with Crippen LogP contribution in [-0.4, -0.2) is 45.5 Å². The van der Waals surface area contributed by atoms with Crippen molar-refractivity contribution in [2.75, 3.05) is 27.4 Å². The normalized spacial score (nSPS) is 11.8. The molecule has 1 unspecified atom stereocenters. The second-order valence-corrected chi connectivity index (χ2v) is 6.68. The number of hydrogen-bond donors (Lipinski definition) is 1. The van der Waals surface area contributed by atoms with Crippen LogP contribution in [0.15, 0.2) is 42.5 Å².